The molecule has 1 N–H and O–H groups in total. The molecule has 0 saturated heterocycles. The predicted molar refractivity (Wildman–Crippen MR) is 35.8 cm³/mol. The monoisotopic (exact) mass is 163 g/mol. The maximum absolute atomic E-state index is 10.5. The van der Waals surface area contributed by atoms with Crippen molar-refractivity contribution >= 4 is 11.9 Å². The number of hydrogen-bond acceptors (Lipinski definition) is 5. The van der Waals surface area contributed by atoms with Crippen LogP contribution >= 0.6 is 0 Å². The molecule has 1 unspecified atom stereocenters. The van der Waals surface area contributed by atoms with Crippen molar-refractivity contribution in [2.45, 2.75) is 12.5 Å². The highest BCUT2D eigenvalue weighted by molar-refractivity contribution is 5.81. The van der Waals surface area contributed by atoms with E-state index in [0.29, 0.717) is 0 Å². The van der Waals surface area contributed by atoms with Crippen LogP contribution in [0.5, 0.6) is 0 Å². The molecular weight excluding hydrogens is 152 g/mol. The van der Waals surface area contributed by atoms with Crippen LogP contribution in [0, 0.1) is 0 Å². The van der Waals surface area contributed by atoms with Crippen molar-refractivity contribution in [3.63, 3.8) is 0 Å². The molecule has 0 aliphatic rings. The van der Waals surface area contributed by atoms with Crippen LogP contribution in [0.4, 0.5) is 0 Å². The zero-order valence-electron chi connectivity index (χ0n) is 7.36. The molecule has 0 aromatic carbocycles. The highest BCUT2D eigenvalue weighted by Crippen LogP contribution is 1.95. The van der Waals surface area contributed by atoms with Crippen LogP contribution in [0.25, 0.3) is 0 Å². The van der Waals surface area contributed by atoms with Gasteiger partial charge < -0.3 is 14.6 Å². The van der Waals surface area contributed by atoms with E-state index in [1.807, 2.05) is 0 Å². The second kappa shape index (κ2) is 4.68. The minimum atomic E-state index is -1.42. The lowest BCUT2D eigenvalue weighted by Crippen LogP contribution is -2.25. The highest BCUT2D eigenvalue weighted by Gasteiger charge is 2.19. The first-order chi connectivity index (χ1) is 5.11. The summed E-state index contributed by atoms with van der Waals surface area (Å²) < 4.78 is 8.37. The average Bonchev–Trinajstić information content (AvgIpc) is 2.02. The third-order valence-corrected chi connectivity index (χ3v) is 1.06. The van der Waals surface area contributed by atoms with Crippen LogP contribution in [0.3, 0.4) is 0 Å². The molecule has 0 rings (SSSR count). The van der Waals surface area contributed by atoms with Crippen LogP contribution < -0.4 is 0 Å². The molecule has 0 fully saturated rings. The molecule has 0 aromatic heterocycles. The zero-order chi connectivity index (χ0) is 8.85. The van der Waals surface area contributed by atoms with Gasteiger partial charge in [0.1, 0.15) is 0 Å². The van der Waals surface area contributed by atoms with Crippen molar-refractivity contribution in [3.05, 3.63) is 0 Å². The molecule has 0 aliphatic heterocycles. The van der Waals surface area contributed by atoms with Gasteiger partial charge in [0.2, 0.25) is 0 Å². The van der Waals surface area contributed by atoms with Gasteiger partial charge in [-0.15, -0.1) is 0 Å². The molecule has 0 aliphatic carbocycles. The van der Waals surface area contributed by atoms with E-state index < -0.39 is 18.0 Å². The van der Waals surface area contributed by atoms with Gasteiger partial charge >= 0.3 is 13.4 Å². The van der Waals surface area contributed by atoms with Gasteiger partial charge in [0.15, 0.2) is 6.10 Å². The number of methoxy groups -OCH3 is 2. The molecular formula is C6H11O5+. The Morgan fingerprint density at radius 1 is 1.45 bits per heavy atom. The van der Waals surface area contributed by atoms with Crippen molar-refractivity contribution in [2.75, 3.05) is 14.2 Å². The quantitative estimate of drug-likeness (QED) is 0.551. The van der Waals surface area contributed by atoms with E-state index >= 15 is 0 Å². The van der Waals surface area contributed by atoms with E-state index in [1.54, 1.807) is 0 Å². The summed E-state index contributed by atoms with van der Waals surface area (Å²) in [5.41, 5.74) is 0. The van der Waals surface area contributed by atoms with Gasteiger partial charge in [-0.3, -0.25) is 4.79 Å². The number of aliphatic hydroxyl groups excluding tert-OH is 1. The van der Waals surface area contributed by atoms with E-state index in [9.17, 15) is 9.59 Å². The summed E-state index contributed by atoms with van der Waals surface area (Å²) in [6.07, 6.45) is -1.80. The minimum Gasteiger partial charge on any atom is -0.469 e. The van der Waals surface area contributed by atoms with E-state index in [4.69, 9.17) is 5.11 Å². The molecule has 5 nitrogen and oxygen atoms in total. The first-order valence-electron chi connectivity index (χ1n) is 2.94. The molecule has 0 aromatic rings. The first kappa shape index (κ1) is 9.90. The Balaban J connectivity index is 0. The maximum Gasteiger partial charge on any atom is 1.00 e. The topological polar surface area (TPSA) is 72.8 Å². The number of rotatable bonds is 3. The second-order valence-corrected chi connectivity index (χ2v) is 1.82. The summed E-state index contributed by atoms with van der Waals surface area (Å²) >= 11 is 0. The summed E-state index contributed by atoms with van der Waals surface area (Å²) in [5.74, 6) is -1.49. The van der Waals surface area contributed by atoms with Gasteiger partial charge in [0.05, 0.1) is 20.6 Å². The van der Waals surface area contributed by atoms with Crippen LogP contribution in [0.2, 0.25) is 0 Å². The van der Waals surface area contributed by atoms with E-state index in [0.717, 1.165) is 7.11 Å². The Kier molecular flexibility index (Phi) is 4.21. The maximum atomic E-state index is 10.5. The normalized spacial score (nSPS) is 11.9. The summed E-state index contributed by atoms with van der Waals surface area (Å²) in [6, 6.07) is 0. The largest absolute Gasteiger partial charge is 1.00 e. The molecule has 0 saturated carbocycles. The van der Waals surface area contributed by atoms with E-state index in [1.165, 1.54) is 7.11 Å². The number of carbonyl (C=O) groups excluding carboxylic acids is 2. The van der Waals surface area contributed by atoms with Crippen LogP contribution in [-0.4, -0.2) is 37.4 Å². The Labute approximate surface area is 65.4 Å². The minimum absolute atomic E-state index is 0. The lowest BCUT2D eigenvalue weighted by atomic mass is 10.2. The van der Waals surface area contributed by atoms with Crippen LogP contribution in [0.15, 0.2) is 0 Å². The van der Waals surface area contributed by atoms with Crippen molar-refractivity contribution in [1.29, 1.82) is 0 Å². The van der Waals surface area contributed by atoms with Crippen molar-refractivity contribution < 1.29 is 25.6 Å². The number of carbonyl (C=O) groups is 2. The number of hydrogen-bond donors (Lipinski definition) is 1. The number of esters is 2. The van der Waals surface area contributed by atoms with Crippen molar-refractivity contribution in [1.82, 2.24) is 0 Å². The molecule has 0 heterocycles. The molecule has 1 atom stereocenters. The first-order valence-corrected chi connectivity index (χ1v) is 2.94. The molecule has 0 radical (unpaired) electrons. The van der Waals surface area contributed by atoms with E-state index in [-0.39, 0.29) is 7.85 Å². The Bertz CT molecular complexity index is 158. The van der Waals surface area contributed by atoms with Gasteiger partial charge in [-0.25, -0.2) is 4.79 Å². The van der Waals surface area contributed by atoms with Crippen molar-refractivity contribution in [3.8, 4) is 0 Å². The van der Waals surface area contributed by atoms with Crippen LogP contribution in [-0.2, 0) is 19.1 Å². The van der Waals surface area contributed by atoms with E-state index in [2.05, 4.69) is 9.47 Å². The van der Waals surface area contributed by atoms with Gasteiger partial charge in [-0.2, -0.15) is 0 Å². The smallest absolute Gasteiger partial charge is 0.469 e. The summed E-state index contributed by atoms with van der Waals surface area (Å²) in [6.45, 7) is 0. The summed E-state index contributed by atoms with van der Waals surface area (Å²) in [5, 5.41) is 8.84. The fourth-order valence-electron chi connectivity index (χ4n) is 0.461. The van der Waals surface area contributed by atoms with Crippen LogP contribution in [0.1, 0.15) is 7.85 Å². The molecule has 0 bridgehead atoms. The zero-order valence-corrected chi connectivity index (χ0v) is 6.36. The lowest BCUT2D eigenvalue weighted by molar-refractivity contribution is -0.156. The summed E-state index contributed by atoms with van der Waals surface area (Å²) in [4.78, 5) is 20.9. The number of ether oxygens (including phenoxy) is 2. The fraction of sp³-hybridized carbons (Fsp3) is 0.667. The van der Waals surface area contributed by atoms with Crippen molar-refractivity contribution in [2.24, 2.45) is 0 Å². The lowest BCUT2D eigenvalue weighted by Gasteiger charge is -2.05. The van der Waals surface area contributed by atoms with Gasteiger partial charge in [0.25, 0.3) is 0 Å². The number of aliphatic hydroxyl groups is 1. The second-order valence-electron chi connectivity index (χ2n) is 1.82. The van der Waals surface area contributed by atoms with Gasteiger partial charge in [-0.05, 0) is 0 Å². The molecule has 5 heteroatoms. The fourth-order valence-corrected chi connectivity index (χ4v) is 0.461. The predicted octanol–water partition coefficient (Wildman–Crippen LogP) is -0.804. The molecule has 0 amide bonds. The molecule has 11 heavy (non-hydrogen) atoms. The Morgan fingerprint density at radius 2 is 2.00 bits per heavy atom. The molecule has 64 valence electrons. The summed E-state index contributed by atoms with van der Waals surface area (Å²) in [7, 11) is 2.30. The van der Waals surface area contributed by atoms with Gasteiger partial charge in [0, 0.05) is 0 Å². The Hall–Kier alpha value is -1.10. The SMILES string of the molecule is COC(=O)CC(O)C(=O)OC.[H+]. The third-order valence-electron chi connectivity index (χ3n) is 1.06. The molecule has 0 spiro atoms. The third kappa shape index (κ3) is 3.57. The standard InChI is InChI=1S/C6H10O5/c1-10-5(8)3-4(7)6(9)11-2/h4,7H,3H2,1-2H3/p+1. The van der Waals surface area contributed by atoms with Gasteiger partial charge in [-0.1, -0.05) is 0 Å². The Morgan fingerprint density at radius 3 is 2.36 bits per heavy atom. The average molecular weight is 163 g/mol. The highest BCUT2D eigenvalue weighted by atomic mass is 16.5.